The van der Waals surface area contributed by atoms with Gasteiger partial charge in [-0.3, -0.25) is 4.98 Å². The number of aromatic nitrogens is 3. The molecule has 6 rings (SSSR count). The van der Waals surface area contributed by atoms with Gasteiger partial charge in [0, 0.05) is 43.2 Å². The average molecular weight is 504 g/mol. The lowest BCUT2D eigenvalue weighted by Crippen LogP contribution is -2.36. The molecule has 1 aromatic carbocycles. The van der Waals surface area contributed by atoms with Crippen LogP contribution in [-0.4, -0.2) is 45.3 Å². The van der Waals surface area contributed by atoms with Crippen molar-refractivity contribution in [2.75, 3.05) is 23.3 Å². The number of anilines is 2. The van der Waals surface area contributed by atoms with E-state index in [1.165, 1.54) is 12.8 Å². The van der Waals surface area contributed by atoms with Crippen molar-refractivity contribution in [3.8, 4) is 22.8 Å². The summed E-state index contributed by atoms with van der Waals surface area (Å²) >= 11 is 1.59. The van der Waals surface area contributed by atoms with Crippen LogP contribution in [0.3, 0.4) is 0 Å². The van der Waals surface area contributed by atoms with Crippen molar-refractivity contribution in [1.82, 2.24) is 15.0 Å². The maximum Gasteiger partial charge on any atom is 0.184 e. The first-order valence-corrected chi connectivity index (χ1v) is 13.2. The second-order valence-electron chi connectivity index (χ2n) is 9.33. The molecule has 1 aliphatic heterocycles. The number of rotatable bonds is 6. The fourth-order valence-corrected chi connectivity index (χ4v) is 5.86. The average Bonchev–Trinajstić information content (AvgIpc) is 3.56. The first kappa shape index (κ1) is 24.5. The highest BCUT2D eigenvalue weighted by molar-refractivity contribution is 7.22. The fraction of sp³-hybridized carbons (Fsp3) is 0.393. The van der Waals surface area contributed by atoms with E-state index in [-0.39, 0.29) is 19.6 Å². The Morgan fingerprint density at radius 2 is 1.78 bits per heavy atom. The summed E-state index contributed by atoms with van der Waals surface area (Å²) in [7, 11) is 0. The first-order valence-electron chi connectivity index (χ1n) is 12.4. The van der Waals surface area contributed by atoms with E-state index in [0.717, 1.165) is 82.7 Å². The molecule has 2 aliphatic rings. The van der Waals surface area contributed by atoms with Gasteiger partial charge in [0.25, 0.3) is 0 Å². The summed E-state index contributed by atoms with van der Waals surface area (Å²) in [5, 5.41) is 14.5. The zero-order valence-electron chi connectivity index (χ0n) is 19.6. The molecule has 4 aromatic rings. The molecule has 1 saturated heterocycles. The van der Waals surface area contributed by atoms with Crippen molar-refractivity contribution in [3.63, 3.8) is 0 Å². The Hall–Kier alpha value is -3.23. The second-order valence-corrected chi connectivity index (χ2v) is 10.4. The minimum atomic E-state index is -0.304. The highest BCUT2D eigenvalue weighted by Crippen LogP contribution is 2.33. The van der Waals surface area contributed by atoms with Crippen molar-refractivity contribution in [1.29, 1.82) is 0 Å². The third kappa shape index (κ3) is 5.29. The van der Waals surface area contributed by atoms with Gasteiger partial charge >= 0.3 is 0 Å². The monoisotopic (exact) mass is 503 g/mol. The molecule has 4 heterocycles. The number of pyridine rings is 2. The van der Waals surface area contributed by atoms with E-state index >= 15 is 0 Å². The number of ether oxygens (including phenoxy) is 1. The number of hydrogen-bond acceptors (Lipinski definition) is 8. The molecule has 1 aliphatic carbocycles. The van der Waals surface area contributed by atoms with Crippen LogP contribution in [0.4, 0.5) is 10.9 Å². The van der Waals surface area contributed by atoms with E-state index in [2.05, 4.69) is 32.3 Å². The highest BCUT2D eigenvalue weighted by atomic mass is 32.1. The molecule has 7 nitrogen and oxygen atoms in total. The zero-order chi connectivity index (χ0) is 23.6. The number of nitrogens with one attached hydrogen (secondary N) is 1. The van der Waals surface area contributed by atoms with Crippen LogP contribution in [0.2, 0.25) is 0 Å². The Morgan fingerprint density at radius 3 is 2.58 bits per heavy atom. The molecule has 8 heteroatoms. The van der Waals surface area contributed by atoms with Crippen LogP contribution in [0.15, 0.2) is 54.9 Å². The Balaban J connectivity index is 0.00000267. The smallest absolute Gasteiger partial charge is 0.184 e. The van der Waals surface area contributed by atoms with Crippen molar-refractivity contribution in [2.24, 2.45) is 0 Å². The summed E-state index contributed by atoms with van der Waals surface area (Å²) in [5.41, 5.74) is 2.73. The van der Waals surface area contributed by atoms with Crippen molar-refractivity contribution in [3.05, 3.63) is 54.9 Å². The van der Waals surface area contributed by atoms with Crippen molar-refractivity contribution < 1.29 is 9.84 Å². The predicted molar refractivity (Wildman–Crippen MR) is 147 cm³/mol. The molecule has 36 heavy (non-hydrogen) atoms. The lowest BCUT2D eigenvalue weighted by atomic mass is 9.93. The Labute approximate surface area is 216 Å². The Bertz CT molecular complexity index is 1300. The summed E-state index contributed by atoms with van der Waals surface area (Å²) in [6.45, 7) is 2.16. The molecule has 1 saturated carbocycles. The Kier molecular flexibility index (Phi) is 7.34. The molecule has 0 bridgehead atoms. The molecule has 2 atom stereocenters. The normalized spacial score (nSPS) is 19.8. The summed E-state index contributed by atoms with van der Waals surface area (Å²) in [5.74, 6) is 2.51. The molecule has 3 aromatic heterocycles. The van der Waals surface area contributed by atoms with Gasteiger partial charge in [-0.05, 0) is 56.0 Å². The maximum absolute atomic E-state index is 10.3. The van der Waals surface area contributed by atoms with Crippen molar-refractivity contribution >= 4 is 32.5 Å². The van der Waals surface area contributed by atoms with E-state index in [1.54, 1.807) is 17.5 Å². The molecular formula is C28H33N5O2S. The van der Waals surface area contributed by atoms with Gasteiger partial charge < -0.3 is 20.1 Å². The van der Waals surface area contributed by atoms with Gasteiger partial charge in [0.15, 0.2) is 5.13 Å². The van der Waals surface area contributed by atoms with Crippen LogP contribution in [0, 0.1) is 0 Å². The SMILES string of the molecule is C.O[C@@H]1CCCC[C@H]1Nc1nc2ccc(Oc3ccnc(-c4ccc(N5CCCC5)nc4)c3)cc2s1. The topological polar surface area (TPSA) is 83.4 Å². The van der Waals surface area contributed by atoms with E-state index in [0.29, 0.717) is 0 Å². The summed E-state index contributed by atoms with van der Waals surface area (Å²) in [6.07, 6.45) is 9.89. The van der Waals surface area contributed by atoms with Crippen LogP contribution in [0.1, 0.15) is 46.0 Å². The summed E-state index contributed by atoms with van der Waals surface area (Å²) in [6, 6.07) is 14.0. The number of benzene rings is 1. The lowest BCUT2D eigenvalue weighted by Gasteiger charge is -2.27. The largest absolute Gasteiger partial charge is 0.457 e. The molecule has 0 radical (unpaired) electrons. The van der Waals surface area contributed by atoms with Crippen LogP contribution in [0.5, 0.6) is 11.5 Å². The maximum atomic E-state index is 10.3. The van der Waals surface area contributed by atoms with Gasteiger partial charge in [0.2, 0.25) is 0 Å². The van der Waals surface area contributed by atoms with Gasteiger partial charge in [0.05, 0.1) is 28.1 Å². The van der Waals surface area contributed by atoms with Crippen LogP contribution in [-0.2, 0) is 0 Å². The van der Waals surface area contributed by atoms with Gasteiger partial charge in [0.1, 0.15) is 17.3 Å². The minimum Gasteiger partial charge on any atom is -0.457 e. The third-order valence-corrected chi connectivity index (χ3v) is 7.79. The number of aliphatic hydroxyl groups excluding tert-OH is 1. The summed E-state index contributed by atoms with van der Waals surface area (Å²) < 4.78 is 7.23. The number of aliphatic hydroxyl groups is 1. The van der Waals surface area contributed by atoms with E-state index < -0.39 is 0 Å². The quantitative estimate of drug-likeness (QED) is 0.311. The van der Waals surface area contributed by atoms with Crippen LogP contribution < -0.4 is 15.0 Å². The minimum absolute atomic E-state index is 0. The number of thiazole rings is 1. The van der Waals surface area contributed by atoms with Crippen molar-refractivity contribution in [2.45, 2.75) is 58.1 Å². The molecular weight excluding hydrogens is 470 g/mol. The molecule has 0 spiro atoms. The Morgan fingerprint density at radius 1 is 0.944 bits per heavy atom. The summed E-state index contributed by atoms with van der Waals surface area (Å²) in [4.78, 5) is 16.2. The molecule has 0 amide bonds. The number of hydrogen-bond donors (Lipinski definition) is 2. The number of fused-ring (bicyclic) bond motifs is 1. The van der Waals surface area contributed by atoms with Gasteiger partial charge in [-0.2, -0.15) is 0 Å². The highest BCUT2D eigenvalue weighted by Gasteiger charge is 2.23. The van der Waals surface area contributed by atoms with Crippen LogP contribution in [0.25, 0.3) is 21.5 Å². The second kappa shape index (κ2) is 10.8. The van der Waals surface area contributed by atoms with E-state index in [1.807, 2.05) is 36.5 Å². The van der Waals surface area contributed by atoms with Gasteiger partial charge in [-0.15, -0.1) is 0 Å². The predicted octanol–water partition coefficient (Wildman–Crippen LogP) is 6.50. The van der Waals surface area contributed by atoms with E-state index in [9.17, 15) is 5.11 Å². The zero-order valence-corrected chi connectivity index (χ0v) is 20.4. The third-order valence-electron chi connectivity index (χ3n) is 6.84. The molecule has 0 unspecified atom stereocenters. The standard InChI is InChI=1S/C27H29N5O2S.CH4/c33-24-6-2-1-5-21(24)30-27-31-22-9-8-19(16-25(22)35-27)34-20-11-12-28-23(15-20)18-7-10-26(29-17-18)32-13-3-4-14-32;/h7-12,15-17,21,24,33H,1-6,13-14H2,(H,30,31);1H4/t21-,24-;/m1./s1. The fourth-order valence-electron chi connectivity index (χ4n) is 4.91. The van der Waals surface area contributed by atoms with Gasteiger partial charge in [-0.25, -0.2) is 9.97 Å². The number of nitrogens with zero attached hydrogens (tertiary/aromatic N) is 4. The van der Waals surface area contributed by atoms with Gasteiger partial charge in [-0.1, -0.05) is 31.6 Å². The lowest BCUT2D eigenvalue weighted by molar-refractivity contribution is 0.116. The first-order chi connectivity index (χ1) is 17.2. The molecule has 188 valence electrons. The molecule has 2 fully saturated rings. The van der Waals surface area contributed by atoms with E-state index in [4.69, 9.17) is 9.72 Å². The molecule has 2 N–H and O–H groups in total. The van der Waals surface area contributed by atoms with Crippen LogP contribution >= 0.6 is 11.3 Å².